The maximum atomic E-state index is 12.2. The third-order valence-corrected chi connectivity index (χ3v) is 3.46. The predicted molar refractivity (Wildman–Crippen MR) is 67.1 cm³/mol. The quantitative estimate of drug-likeness (QED) is 0.747. The fourth-order valence-corrected chi connectivity index (χ4v) is 2.31. The van der Waals surface area contributed by atoms with Crippen LogP contribution in [0.1, 0.15) is 23.7 Å². The second-order valence-corrected chi connectivity index (χ2v) is 4.89. The molecule has 1 aliphatic rings. The summed E-state index contributed by atoms with van der Waals surface area (Å²) in [6.07, 6.45) is 0.651. The first-order chi connectivity index (χ1) is 8.57. The van der Waals surface area contributed by atoms with Gasteiger partial charge in [-0.1, -0.05) is 18.2 Å². The first-order valence-corrected chi connectivity index (χ1v) is 5.99. The molecule has 1 aliphatic heterocycles. The predicted octanol–water partition coefficient (Wildman–Crippen LogP) is 1.71. The van der Waals surface area contributed by atoms with Crippen LogP contribution in [0.15, 0.2) is 30.3 Å². The van der Waals surface area contributed by atoms with Crippen LogP contribution in [0.4, 0.5) is 0 Å². The molecule has 1 saturated heterocycles. The van der Waals surface area contributed by atoms with E-state index in [1.54, 1.807) is 17.0 Å². The highest BCUT2D eigenvalue weighted by atomic mass is 16.5. The molecule has 1 amide bonds. The van der Waals surface area contributed by atoms with Crippen molar-refractivity contribution in [2.24, 2.45) is 5.41 Å². The Hall–Kier alpha value is -1.84. The van der Waals surface area contributed by atoms with Crippen LogP contribution in [0.25, 0.3) is 0 Å². The van der Waals surface area contributed by atoms with Gasteiger partial charge in [0, 0.05) is 18.7 Å². The molecule has 1 unspecified atom stereocenters. The Morgan fingerprint density at radius 1 is 1.28 bits per heavy atom. The number of benzene rings is 1. The summed E-state index contributed by atoms with van der Waals surface area (Å²) in [6.45, 7) is 2.86. The Morgan fingerprint density at radius 2 is 1.94 bits per heavy atom. The van der Waals surface area contributed by atoms with E-state index in [9.17, 15) is 9.59 Å². The van der Waals surface area contributed by atoms with Gasteiger partial charge in [0.2, 0.25) is 0 Å². The maximum Gasteiger partial charge on any atom is 0.313 e. The van der Waals surface area contributed by atoms with Crippen molar-refractivity contribution < 1.29 is 14.3 Å². The number of hydrogen-bond acceptors (Lipinski definition) is 3. The highest BCUT2D eigenvalue weighted by Crippen LogP contribution is 2.31. The number of esters is 1. The van der Waals surface area contributed by atoms with Crippen LogP contribution in [-0.4, -0.2) is 37.0 Å². The zero-order valence-electron chi connectivity index (χ0n) is 10.7. The number of ether oxygens (including phenoxy) is 1. The van der Waals surface area contributed by atoms with Gasteiger partial charge in [-0.3, -0.25) is 9.59 Å². The van der Waals surface area contributed by atoms with Crippen LogP contribution in [0, 0.1) is 5.41 Å². The molecule has 0 N–H and O–H groups in total. The van der Waals surface area contributed by atoms with Gasteiger partial charge in [0.25, 0.3) is 5.91 Å². The van der Waals surface area contributed by atoms with E-state index in [1.165, 1.54) is 7.11 Å². The molecule has 2 rings (SSSR count). The Bertz CT molecular complexity index is 457. The van der Waals surface area contributed by atoms with Crippen molar-refractivity contribution in [2.75, 3.05) is 20.2 Å². The minimum Gasteiger partial charge on any atom is -0.469 e. The van der Waals surface area contributed by atoms with Crippen LogP contribution in [-0.2, 0) is 9.53 Å². The van der Waals surface area contributed by atoms with Gasteiger partial charge in [-0.05, 0) is 25.5 Å². The molecule has 1 atom stereocenters. The normalized spacial score (nSPS) is 22.9. The van der Waals surface area contributed by atoms with Crippen molar-refractivity contribution in [1.82, 2.24) is 4.90 Å². The van der Waals surface area contributed by atoms with Crippen molar-refractivity contribution in [3.05, 3.63) is 35.9 Å². The zero-order valence-corrected chi connectivity index (χ0v) is 10.7. The number of likely N-dealkylation sites (tertiary alicyclic amines) is 1. The first-order valence-electron chi connectivity index (χ1n) is 5.99. The van der Waals surface area contributed by atoms with Crippen LogP contribution in [0.2, 0.25) is 0 Å². The second-order valence-electron chi connectivity index (χ2n) is 4.89. The van der Waals surface area contributed by atoms with E-state index in [0.29, 0.717) is 25.1 Å². The molecule has 96 valence electrons. The number of amides is 1. The van der Waals surface area contributed by atoms with E-state index in [0.717, 1.165) is 0 Å². The van der Waals surface area contributed by atoms with Crippen LogP contribution in [0.5, 0.6) is 0 Å². The largest absolute Gasteiger partial charge is 0.469 e. The molecule has 4 heteroatoms. The third-order valence-electron chi connectivity index (χ3n) is 3.46. The van der Waals surface area contributed by atoms with Gasteiger partial charge in [-0.15, -0.1) is 0 Å². The van der Waals surface area contributed by atoms with Crippen molar-refractivity contribution in [1.29, 1.82) is 0 Å². The topological polar surface area (TPSA) is 46.6 Å². The molecule has 0 aliphatic carbocycles. The fraction of sp³-hybridized carbons (Fsp3) is 0.429. The monoisotopic (exact) mass is 247 g/mol. The second kappa shape index (κ2) is 4.80. The standard InChI is InChI=1S/C14H17NO3/c1-14(13(17)18-2)8-9-15(10-14)12(16)11-6-4-3-5-7-11/h3-7H,8-10H2,1-2H3. The van der Waals surface area contributed by atoms with E-state index in [4.69, 9.17) is 4.74 Å². The molecule has 4 nitrogen and oxygen atoms in total. The summed E-state index contributed by atoms with van der Waals surface area (Å²) in [5.41, 5.74) is 0.0887. The lowest BCUT2D eigenvalue weighted by Crippen LogP contribution is -2.35. The molecule has 0 bridgehead atoms. The van der Waals surface area contributed by atoms with E-state index < -0.39 is 5.41 Å². The lowest BCUT2D eigenvalue weighted by molar-refractivity contribution is -0.150. The molecular formula is C14H17NO3. The fourth-order valence-electron chi connectivity index (χ4n) is 2.31. The minimum atomic E-state index is -0.570. The Kier molecular flexibility index (Phi) is 3.36. The van der Waals surface area contributed by atoms with Crippen molar-refractivity contribution in [2.45, 2.75) is 13.3 Å². The van der Waals surface area contributed by atoms with E-state index in [2.05, 4.69) is 0 Å². The number of rotatable bonds is 2. The number of carbonyl (C=O) groups excluding carboxylic acids is 2. The lowest BCUT2D eigenvalue weighted by Gasteiger charge is -2.21. The Morgan fingerprint density at radius 3 is 2.56 bits per heavy atom. The zero-order chi connectivity index (χ0) is 13.2. The van der Waals surface area contributed by atoms with Crippen molar-refractivity contribution in [3.63, 3.8) is 0 Å². The van der Waals surface area contributed by atoms with Crippen LogP contribution in [0.3, 0.4) is 0 Å². The highest BCUT2D eigenvalue weighted by molar-refractivity contribution is 5.95. The molecular weight excluding hydrogens is 230 g/mol. The highest BCUT2D eigenvalue weighted by Gasteiger charge is 2.43. The van der Waals surface area contributed by atoms with Crippen molar-refractivity contribution >= 4 is 11.9 Å². The van der Waals surface area contributed by atoms with Crippen LogP contribution < -0.4 is 0 Å². The number of nitrogens with zero attached hydrogens (tertiary/aromatic N) is 1. The van der Waals surface area contributed by atoms with Gasteiger partial charge < -0.3 is 9.64 Å². The smallest absolute Gasteiger partial charge is 0.313 e. The van der Waals surface area contributed by atoms with E-state index in [-0.39, 0.29) is 11.9 Å². The molecule has 1 aromatic rings. The summed E-state index contributed by atoms with van der Waals surface area (Å²) in [5, 5.41) is 0. The first kappa shape index (κ1) is 12.6. The summed E-state index contributed by atoms with van der Waals surface area (Å²) in [7, 11) is 1.38. The summed E-state index contributed by atoms with van der Waals surface area (Å²) < 4.78 is 4.79. The minimum absolute atomic E-state index is 0.0248. The Balaban J connectivity index is 2.10. The third kappa shape index (κ3) is 2.23. The van der Waals surface area contributed by atoms with E-state index in [1.807, 2.05) is 25.1 Å². The average Bonchev–Trinajstić information content (AvgIpc) is 2.82. The SMILES string of the molecule is COC(=O)C1(C)CCN(C(=O)c2ccccc2)C1. The molecule has 0 aromatic heterocycles. The van der Waals surface area contributed by atoms with Gasteiger partial charge in [0.1, 0.15) is 0 Å². The van der Waals surface area contributed by atoms with Gasteiger partial charge >= 0.3 is 5.97 Å². The summed E-state index contributed by atoms with van der Waals surface area (Å²) in [4.78, 5) is 25.6. The van der Waals surface area contributed by atoms with E-state index >= 15 is 0 Å². The maximum absolute atomic E-state index is 12.2. The molecule has 0 radical (unpaired) electrons. The Labute approximate surface area is 107 Å². The van der Waals surface area contributed by atoms with Gasteiger partial charge in [0.05, 0.1) is 12.5 Å². The summed E-state index contributed by atoms with van der Waals surface area (Å²) >= 11 is 0. The summed E-state index contributed by atoms with van der Waals surface area (Å²) in [5.74, 6) is -0.269. The molecule has 1 aromatic carbocycles. The molecule has 0 saturated carbocycles. The van der Waals surface area contributed by atoms with Crippen molar-refractivity contribution in [3.8, 4) is 0 Å². The number of hydrogen-bond donors (Lipinski definition) is 0. The molecule has 1 heterocycles. The number of carbonyl (C=O) groups is 2. The number of methoxy groups -OCH3 is 1. The van der Waals surface area contributed by atoms with Gasteiger partial charge in [-0.25, -0.2) is 0 Å². The molecule has 18 heavy (non-hydrogen) atoms. The molecule has 0 spiro atoms. The van der Waals surface area contributed by atoms with Gasteiger partial charge in [-0.2, -0.15) is 0 Å². The lowest BCUT2D eigenvalue weighted by atomic mass is 9.90. The van der Waals surface area contributed by atoms with Gasteiger partial charge in [0.15, 0.2) is 0 Å². The molecule has 1 fully saturated rings. The average molecular weight is 247 g/mol. The summed E-state index contributed by atoms with van der Waals surface area (Å²) in [6, 6.07) is 9.12. The van der Waals surface area contributed by atoms with Crippen LogP contribution >= 0.6 is 0 Å².